The molecule has 1 aliphatic heterocycles. The lowest BCUT2D eigenvalue weighted by atomic mass is 9.91. The van der Waals surface area contributed by atoms with Crippen molar-refractivity contribution < 1.29 is 18.7 Å². The van der Waals surface area contributed by atoms with Crippen LogP contribution in [0.4, 0.5) is 6.01 Å². The number of fused-ring (bicyclic) bond motifs is 1. The molecule has 4 rings (SSSR count). The minimum atomic E-state index is -0.319. The highest BCUT2D eigenvalue weighted by Gasteiger charge is 2.23. The molecule has 1 fully saturated rings. The van der Waals surface area contributed by atoms with Gasteiger partial charge in [0.25, 0.3) is 5.91 Å². The van der Waals surface area contributed by atoms with Crippen LogP contribution < -0.4 is 10.1 Å². The molecule has 0 bridgehead atoms. The summed E-state index contributed by atoms with van der Waals surface area (Å²) in [4.78, 5) is 21.0. The zero-order valence-corrected chi connectivity index (χ0v) is 15.3. The first-order valence-corrected chi connectivity index (χ1v) is 8.95. The van der Waals surface area contributed by atoms with E-state index in [1.807, 2.05) is 19.1 Å². The van der Waals surface area contributed by atoms with Crippen LogP contribution in [-0.2, 0) is 4.74 Å². The summed E-state index contributed by atoms with van der Waals surface area (Å²) in [5, 5.41) is 2.71. The van der Waals surface area contributed by atoms with Gasteiger partial charge in [0, 0.05) is 30.7 Å². The lowest BCUT2D eigenvalue weighted by Gasteiger charge is -2.22. The van der Waals surface area contributed by atoms with Crippen molar-refractivity contribution in [1.82, 2.24) is 9.97 Å². The lowest BCUT2D eigenvalue weighted by Crippen LogP contribution is -2.14. The molecule has 0 saturated carbocycles. The third-order valence-corrected chi connectivity index (χ3v) is 4.81. The van der Waals surface area contributed by atoms with Crippen LogP contribution in [0.5, 0.6) is 5.75 Å². The predicted octanol–water partition coefficient (Wildman–Crippen LogP) is 3.69. The van der Waals surface area contributed by atoms with Crippen molar-refractivity contribution in [2.45, 2.75) is 25.7 Å². The fraction of sp³-hybridized carbons (Fsp3) is 0.350. The Morgan fingerprint density at radius 3 is 2.74 bits per heavy atom. The van der Waals surface area contributed by atoms with Crippen molar-refractivity contribution in [3.8, 4) is 5.75 Å². The van der Waals surface area contributed by atoms with E-state index in [1.54, 1.807) is 19.2 Å². The molecule has 140 valence electrons. The molecule has 0 spiro atoms. The summed E-state index contributed by atoms with van der Waals surface area (Å²) >= 11 is 0. The summed E-state index contributed by atoms with van der Waals surface area (Å²) in [5.41, 5.74) is 3.62. The first kappa shape index (κ1) is 17.5. The van der Waals surface area contributed by atoms with Crippen molar-refractivity contribution >= 4 is 23.0 Å². The number of ether oxygens (including phenoxy) is 2. The van der Waals surface area contributed by atoms with E-state index in [4.69, 9.17) is 13.9 Å². The van der Waals surface area contributed by atoms with Crippen LogP contribution in [-0.4, -0.2) is 36.2 Å². The number of rotatable bonds is 4. The summed E-state index contributed by atoms with van der Waals surface area (Å²) in [6.45, 7) is 3.33. The number of benzene rings is 1. The molecule has 1 N–H and O–H groups in total. The molecule has 1 saturated heterocycles. The Labute approximate surface area is 156 Å². The minimum Gasteiger partial charge on any atom is -0.494 e. The second-order valence-corrected chi connectivity index (χ2v) is 6.58. The molecule has 3 heterocycles. The van der Waals surface area contributed by atoms with E-state index in [1.165, 1.54) is 6.20 Å². The van der Waals surface area contributed by atoms with E-state index >= 15 is 0 Å². The number of nitrogens with zero attached hydrogens (tertiary/aromatic N) is 2. The van der Waals surface area contributed by atoms with E-state index in [-0.39, 0.29) is 11.9 Å². The molecular formula is C20H21N3O4. The van der Waals surface area contributed by atoms with Crippen molar-refractivity contribution in [1.29, 1.82) is 0 Å². The first-order chi connectivity index (χ1) is 13.2. The number of nitrogens with one attached hydrogen (secondary N) is 1. The van der Waals surface area contributed by atoms with Gasteiger partial charge in [-0.05, 0) is 43.9 Å². The summed E-state index contributed by atoms with van der Waals surface area (Å²) in [5.74, 6) is 0.632. The summed E-state index contributed by atoms with van der Waals surface area (Å²) in [7, 11) is 1.59. The highest BCUT2D eigenvalue weighted by molar-refractivity contribution is 6.03. The summed E-state index contributed by atoms with van der Waals surface area (Å²) in [6, 6.07) is 7.55. The monoisotopic (exact) mass is 367 g/mol. The SMILES string of the molecule is COc1ccc(C2CCOCC2)c2oc(NC(=O)c3ccc(C)nc3)nc12. The number of pyridine rings is 1. The summed E-state index contributed by atoms with van der Waals surface area (Å²) in [6.07, 6.45) is 3.39. The topological polar surface area (TPSA) is 86.5 Å². The van der Waals surface area contributed by atoms with Gasteiger partial charge < -0.3 is 13.9 Å². The molecular weight excluding hydrogens is 346 g/mol. The molecule has 27 heavy (non-hydrogen) atoms. The van der Waals surface area contributed by atoms with Crippen LogP contribution in [0.25, 0.3) is 11.1 Å². The van der Waals surface area contributed by atoms with Crippen molar-refractivity contribution in [3.05, 3.63) is 47.3 Å². The molecule has 0 radical (unpaired) electrons. The van der Waals surface area contributed by atoms with Crippen molar-refractivity contribution in [3.63, 3.8) is 0 Å². The van der Waals surface area contributed by atoms with E-state index < -0.39 is 0 Å². The number of hydrogen-bond donors (Lipinski definition) is 1. The molecule has 2 aromatic heterocycles. The van der Waals surface area contributed by atoms with Gasteiger partial charge in [0.15, 0.2) is 11.1 Å². The number of carbonyl (C=O) groups excluding carboxylic acids is 1. The number of aromatic nitrogens is 2. The Kier molecular flexibility index (Phi) is 4.77. The Balaban J connectivity index is 1.67. The van der Waals surface area contributed by atoms with Crippen LogP contribution in [0.2, 0.25) is 0 Å². The third-order valence-electron chi connectivity index (χ3n) is 4.81. The second kappa shape index (κ2) is 7.36. The van der Waals surface area contributed by atoms with E-state index in [0.717, 1.165) is 37.3 Å². The van der Waals surface area contributed by atoms with Crippen LogP contribution in [0.3, 0.4) is 0 Å². The van der Waals surface area contributed by atoms with Crippen LogP contribution >= 0.6 is 0 Å². The normalized spacial score (nSPS) is 15.0. The molecule has 0 aliphatic carbocycles. The van der Waals surface area contributed by atoms with Gasteiger partial charge in [0.2, 0.25) is 0 Å². The Morgan fingerprint density at radius 1 is 1.22 bits per heavy atom. The fourth-order valence-corrected chi connectivity index (χ4v) is 3.32. The largest absolute Gasteiger partial charge is 0.494 e. The van der Waals surface area contributed by atoms with E-state index in [9.17, 15) is 4.79 Å². The van der Waals surface area contributed by atoms with E-state index in [0.29, 0.717) is 28.3 Å². The number of aryl methyl sites for hydroxylation is 1. The fourth-order valence-electron chi connectivity index (χ4n) is 3.32. The molecule has 1 amide bonds. The van der Waals surface area contributed by atoms with Gasteiger partial charge in [0.1, 0.15) is 5.75 Å². The molecule has 7 nitrogen and oxygen atoms in total. The van der Waals surface area contributed by atoms with Gasteiger partial charge in [-0.3, -0.25) is 15.1 Å². The average Bonchev–Trinajstić information content (AvgIpc) is 3.11. The number of carbonyl (C=O) groups is 1. The van der Waals surface area contributed by atoms with Gasteiger partial charge in [-0.25, -0.2) is 0 Å². The maximum absolute atomic E-state index is 12.4. The Hall–Kier alpha value is -2.93. The molecule has 7 heteroatoms. The highest BCUT2D eigenvalue weighted by Crippen LogP contribution is 2.37. The molecule has 1 aliphatic rings. The van der Waals surface area contributed by atoms with Gasteiger partial charge in [-0.15, -0.1) is 0 Å². The maximum Gasteiger partial charge on any atom is 0.302 e. The van der Waals surface area contributed by atoms with Gasteiger partial charge in [-0.2, -0.15) is 4.98 Å². The van der Waals surface area contributed by atoms with E-state index in [2.05, 4.69) is 15.3 Å². The standard InChI is InChI=1S/C20H21N3O4/c1-12-3-4-14(11-21-12)19(24)23-20-22-17-16(25-2)6-5-15(18(17)27-20)13-7-9-26-10-8-13/h3-6,11,13H,7-10H2,1-2H3,(H,22,23,24). The number of amides is 1. The maximum atomic E-state index is 12.4. The lowest BCUT2D eigenvalue weighted by molar-refractivity contribution is 0.0854. The molecule has 3 aromatic rings. The number of oxazole rings is 1. The van der Waals surface area contributed by atoms with Crippen LogP contribution in [0.15, 0.2) is 34.9 Å². The van der Waals surface area contributed by atoms with Crippen molar-refractivity contribution in [2.75, 3.05) is 25.6 Å². The van der Waals surface area contributed by atoms with Gasteiger partial charge in [-0.1, -0.05) is 6.07 Å². The number of methoxy groups -OCH3 is 1. The highest BCUT2D eigenvalue weighted by atomic mass is 16.5. The van der Waals surface area contributed by atoms with Crippen LogP contribution in [0.1, 0.15) is 40.4 Å². The van der Waals surface area contributed by atoms with Crippen LogP contribution in [0, 0.1) is 6.92 Å². The van der Waals surface area contributed by atoms with Gasteiger partial charge in [0.05, 0.1) is 12.7 Å². The minimum absolute atomic E-state index is 0.147. The zero-order chi connectivity index (χ0) is 18.8. The Bertz CT molecular complexity index is 959. The third kappa shape index (κ3) is 3.50. The number of hydrogen-bond acceptors (Lipinski definition) is 6. The van der Waals surface area contributed by atoms with Crippen molar-refractivity contribution in [2.24, 2.45) is 0 Å². The van der Waals surface area contributed by atoms with Gasteiger partial charge >= 0.3 is 6.01 Å². The second-order valence-electron chi connectivity index (χ2n) is 6.58. The zero-order valence-electron chi connectivity index (χ0n) is 15.3. The predicted molar refractivity (Wildman–Crippen MR) is 100 cm³/mol. The summed E-state index contributed by atoms with van der Waals surface area (Å²) < 4.78 is 16.8. The molecule has 0 unspecified atom stereocenters. The number of anilines is 1. The smallest absolute Gasteiger partial charge is 0.302 e. The molecule has 1 aromatic carbocycles. The first-order valence-electron chi connectivity index (χ1n) is 8.95. The quantitative estimate of drug-likeness (QED) is 0.757. The molecule has 0 atom stereocenters. The Morgan fingerprint density at radius 2 is 2.04 bits per heavy atom. The average molecular weight is 367 g/mol.